The second kappa shape index (κ2) is 8.81. The molecule has 158 valence electrons. The van der Waals surface area contributed by atoms with Crippen LogP contribution in [0.1, 0.15) is 18.4 Å². The fourth-order valence-electron chi connectivity index (χ4n) is 3.90. The molecule has 0 bridgehead atoms. The van der Waals surface area contributed by atoms with E-state index in [-0.39, 0.29) is 5.97 Å². The number of aromatic amines is 1. The second-order valence-corrected chi connectivity index (χ2v) is 8.01. The second-order valence-electron chi connectivity index (χ2n) is 7.57. The normalized spacial score (nSPS) is 11.2. The van der Waals surface area contributed by atoms with Crippen LogP contribution in [-0.2, 0) is 11.2 Å². The van der Waals surface area contributed by atoms with Crippen LogP contribution in [0.15, 0.2) is 79.1 Å². The first kappa shape index (κ1) is 20.2. The Hall–Kier alpha value is -3.70. The molecule has 0 atom stereocenters. The number of aromatic nitrogens is 3. The minimum absolute atomic E-state index is 0.277. The molecule has 0 aliphatic heterocycles. The molecule has 0 saturated heterocycles. The Balaban J connectivity index is 1.43. The van der Waals surface area contributed by atoms with Crippen LogP contribution >= 0.6 is 11.6 Å². The molecule has 0 amide bonds. The molecule has 0 fully saturated rings. The SMILES string of the molecule is O=C(CCCc1c(-c2ccc3ccccc3n2)[nH]c2ccc(Cl)cc12)Oc1cccnc1. The summed E-state index contributed by atoms with van der Waals surface area (Å²) in [4.78, 5) is 24.6. The van der Waals surface area contributed by atoms with E-state index >= 15 is 0 Å². The Morgan fingerprint density at radius 2 is 1.94 bits per heavy atom. The Bertz CT molecular complexity index is 1410. The van der Waals surface area contributed by atoms with Crippen LogP contribution < -0.4 is 4.74 Å². The zero-order valence-electron chi connectivity index (χ0n) is 17.2. The van der Waals surface area contributed by atoms with Crippen molar-refractivity contribution in [3.8, 4) is 17.1 Å². The van der Waals surface area contributed by atoms with Gasteiger partial charge in [-0.3, -0.25) is 9.78 Å². The summed E-state index contributed by atoms with van der Waals surface area (Å²) < 4.78 is 5.36. The molecule has 2 aromatic carbocycles. The van der Waals surface area contributed by atoms with Crippen molar-refractivity contribution in [2.24, 2.45) is 0 Å². The number of esters is 1. The van der Waals surface area contributed by atoms with E-state index in [0.29, 0.717) is 30.0 Å². The fraction of sp³-hybridized carbons (Fsp3) is 0.115. The average Bonchev–Trinajstić information content (AvgIpc) is 3.17. The van der Waals surface area contributed by atoms with Gasteiger partial charge in [0.05, 0.1) is 23.1 Å². The molecule has 0 aliphatic rings. The summed E-state index contributed by atoms with van der Waals surface area (Å²) in [5.74, 6) is 0.179. The maximum absolute atomic E-state index is 12.3. The molecule has 0 saturated carbocycles. The van der Waals surface area contributed by atoms with E-state index in [4.69, 9.17) is 21.3 Å². The van der Waals surface area contributed by atoms with Crippen LogP contribution in [0.5, 0.6) is 5.75 Å². The van der Waals surface area contributed by atoms with Gasteiger partial charge in [-0.15, -0.1) is 0 Å². The third-order valence-corrected chi connectivity index (χ3v) is 5.63. The fourth-order valence-corrected chi connectivity index (χ4v) is 4.08. The average molecular weight is 442 g/mol. The van der Waals surface area contributed by atoms with Crippen molar-refractivity contribution in [1.82, 2.24) is 15.0 Å². The van der Waals surface area contributed by atoms with E-state index in [1.165, 1.54) is 6.20 Å². The monoisotopic (exact) mass is 441 g/mol. The third-order valence-electron chi connectivity index (χ3n) is 5.40. The lowest BCUT2D eigenvalue weighted by Crippen LogP contribution is -2.08. The number of carbonyl (C=O) groups excluding carboxylic acids is 1. The largest absolute Gasteiger partial charge is 0.425 e. The number of ether oxygens (including phenoxy) is 1. The lowest BCUT2D eigenvalue weighted by Gasteiger charge is -2.07. The van der Waals surface area contributed by atoms with Crippen LogP contribution in [0.25, 0.3) is 33.2 Å². The Labute approximate surface area is 190 Å². The number of pyridine rings is 2. The maximum Gasteiger partial charge on any atom is 0.311 e. The van der Waals surface area contributed by atoms with E-state index < -0.39 is 0 Å². The molecule has 3 aromatic heterocycles. The molecule has 5 nitrogen and oxygen atoms in total. The first-order valence-corrected chi connectivity index (χ1v) is 10.8. The molecule has 6 heteroatoms. The number of rotatable bonds is 6. The number of carbonyl (C=O) groups is 1. The van der Waals surface area contributed by atoms with Gasteiger partial charge in [0.2, 0.25) is 0 Å². The number of aryl methyl sites for hydroxylation is 1. The van der Waals surface area contributed by atoms with Gasteiger partial charge in [-0.05, 0) is 60.9 Å². The standard InChI is InChI=1S/C26H20ClN3O2/c27-18-11-13-23-21(15-18)20(7-3-9-25(31)32-19-6-4-14-28-16-19)26(30-23)24-12-10-17-5-1-2-8-22(17)29-24/h1-2,4-6,8,10-16,30H,3,7,9H2. The van der Waals surface area contributed by atoms with Crippen molar-refractivity contribution in [2.75, 3.05) is 0 Å². The third kappa shape index (κ3) is 4.20. The van der Waals surface area contributed by atoms with Crippen LogP contribution in [0.2, 0.25) is 5.02 Å². The molecule has 0 aliphatic carbocycles. The van der Waals surface area contributed by atoms with Gasteiger partial charge in [-0.2, -0.15) is 0 Å². The van der Waals surface area contributed by atoms with Gasteiger partial charge in [0.15, 0.2) is 0 Å². The predicted molar refractivity (Wildman–Crippen MR) is 127 cm³/mol. The van der Waals surface area contributed by atoms with Gasteiger partial charge < -0.3 is 9.72 Å². The van der Waals surface area contributed by atoms with Crippen molar-refractivity contribution in [1.29, 1.82) is 0 Å². The number of hydrogen-bond donors (Lipinski definition) is 1. The number of nitrogens with one attached hydrogen (secondary N) is 1. The highest BCUT2D eigenvalue weighted by molar-refractivity contribution is 6.31. The first-order valence-electron chi connectivity index (χ1n) is 10.4. The number of para-hydroxylation sites is 1. The van der Waals surface area contributed by atoms with Crippen molar-refractivity contribution in [3.05, 3.63) is 89.7 Å². The topological polar surface area (TPSA) is 67.9 Å². The Kier molecular flexibility index (Phi) is 5.57. The molecular formula is C26H20ClN3O2. The molecule has 0 unspecified atom stereocenters. The quantitative estimate of drug-likeness (QED) is 0.311. The first-order chi connectivity index (χ1) is 15.7. The lowest BCUT2D eigenvalue weighted by molar-refractivity contribution is -0.134. The van der Waals surface area contributed by atoms with Gasteiger partial charge in [0.1, 0.15) is 5.75 Å². The minimum atomic E-state index is -0.277. The number of hydrogen-bond acceptors (Lipinski definition) is 4. The van der Waals surface area contributed by atoms with Gasteiger partial charge in [-0.25, -0.2) is 4.98 Å². The van der Waals surface area contributed by atoms with Crippen LogP contribution in [0.4, 0.5) is 0 Å². The van der Waals surface area contributed by atoms with E-state index in [9.17, 15) is 4.79 Å². The molecule has 0 spiro atoms. The van der Waals surface area contributed by atoms with Crippen LogP contribution in [-0.4, -0.2) is 20.9 Å². The Morgan fingerprint density at radius 1 is 1.03 bits per heavy atom. The molecule has 5 aromatic rings. The zero-order valence-corrected chi connectivity index (χ0v) is 18.0. The summed E-state index contributed by atoms with van der Waals surface area (Å²) in [5.41, 5.74) is 4.84. The minimum Gasteiger partial charge on any atom is -0.425 e. The van der Waals surface area contributed by atoms with E-state index in [2.05, 4.69) is 16.0 Å². The zero-order chi connectivity index (χ0) is 21.9. The van der Waals surface area contributed by atoms with E-state index in [1.54, 1.807) is 18.3 Å². The van der Waals surface area contributed by atoms with Gasteiger partial charge in [0.25, 0.3) is 0 Å². The van der Waals surface area contributed by atoms with E-state index in [0.717, 1.165) is 38.8 Å². The number of nitrogens with zero attached hydrogens (tertiary/aromatic N) is 2. The smallest absolute Gasteiger partial charge is 0.311 e. The van der Waals surface area contributed by atoms with Gasteiger partial charge >= 0.3 is 5.97 Å². The summed E-state index contributed by atoms with van der Waals surface area (Å²) in [7, 11) is 0. The van der Waals surface area contributed by atoms with Crippen LogP contribution in [0, 0.1) is 0 Å². The molecule has 3 heterocycles. The molecule has 5 rings (SSSR count). The summed E-state index contributed by atoms with van der Waals surface area (Å²) in [6.07, 6.45) is 4.79. The number of fused-ring (bicyclic) bond motifs is 2. The molecule has 32 heavy (non-hydrogen) atoms. The molecular weight excluding hydrogens is 422 g/mol. The van der Waals surface area contributed by atoms with Gasteiger partial charge in [-0.1, -0.05) is 35.9 Å². The number of H-pyrrole nitrogens is 1. The summed E-state index contributed by atoms with van der Waals surface area (Å²) in [5, 5.41) is 2.81. The van der Waals surface area contributed by atoms with Crippen molar-refractivity contribution in [3.63, 3.8) is 0 Å². The predicted octanol–water partition coefficient (Wildman–Crippen LogP) is 6.36. The van der Waals surface area contributed by atoms with Crippen LogP contribution in [0.3, 0.4) is 0 Å². The van der Waals surface area contributed by atoms with E-state index in [1.807, 2.05) is 48.5 Å². The number of halogens is 1. The van der Waals surface area contributed by atoms with Crippen molar-refractivity contribution < 1.29 is 9.53 Å². The lowest BCUT2D eigenvalue weighted by atomic mass is 10.0. The summed E-state index contributed by atoms with van der Waals surface area (Å²) in [6.45, 7) is 0. The van der Waals surface area contributed by atoms with Gasteiger partial charge in [0, 0.05) is 33.9 Å². The Morgan fingerprint density at radius 3 is 2.81 bits per heavy atom. The summed E-state index contributed by atoms with van der Waals surface area (Å²) in [6, 6.07) is 21.4. The summed E-state index contributed by atoms with van der Waals surface area (Å²) >= 11 is 6.29. The highest BCUT2D eigenvalue weighted by Gasteiger charge is 2.16. The number of benzene rings is 2. The maximum atomic E-state index is 12.3. The van der Waals surface area contributed by atoms with Crippen molar-refractivity contribution >= 4 is 39.4 Å². The van der Waals surface area contributed by atoms with Crippen molar-refractivity contribution in [2.45, 2.75) is 19.3 Å². The molecule has 1 N–H and O–H groups in total. The highest BCUT2D eigenvalue weighted by Crippen LogP contribution is 2.33. The highest BCUT2D eigenvalue weighted by atomic mass is 35.5. The molecule has 0 radical (unpaired) electrons.